The van der Waals surface area contributed by atoms with Gasteiger partial charge in [-0.25, -0.2) is 14.8 Å². The lowest BCUT2D eigenvalue weighted by Crippen LogP contribution is -2.19. The van der Waals surface area contributed by atoms with Crippen LogP contribution in [-0.2, 0) is 5.75 Å². The zero-order valence-corrected chi connectivity index (χ0v) is 19.6. The molecule has 11 heteroatoms. The number of carbonyl (C=O) groups excluding carboxylic acids is 1. The average Bonchev–Trinajstić information content (AvgIpc) is 3.34. The van der Waals surface area contributed by atoms with Crippen LogP contribution in [0.2, 0.25) is 5.02 Å². The number of thioether (sulfide) groups is 1. The molecule has 0 aliphatic rings. The highest BCUT2D eigenvalue weighted by Crippen LogP contribution is 2.32. The summed E-state index contributed by atoms with van der Waals surface area (Å²) < 4.78 is 8.28. The Labute approximate surface area is 200 Å². The maximum Gasteiger partial charge on any atom is 0.323 e. The Morgan fingerprint density at radius 3 is 2.76 bits per heavy atom. The second kappa shape index (κ2) is 8.89. The molecule has 3 aromatic heterocycles. The first-order valence-electron chi connectivity index (χ1n) is 9.79. The van der Waals surface area contributed by atoms with Gasteiger partial charge in [0.2, 0.25) is 0 Å². The molecular weight excluding hydrogens is 482 g/mol. The number of aryl methyl sites for hydroxylation is 1. The van der Waals surface area contributed by atoms with E-state index in [1.54, 1.807) is 43.3 Å². The molecule has 0 radical (unpaired) electrons. The topological polar surface area (TPSA) is 102 Å². The Hall–Kier alpha value is -3.34. The number of amides is 2. The SMILES string of the molecule is Cc1cc2nc(CSc3nc4ccc(NC(=O)Nc5cccc(Cl)c5)cc4s3)cc(=O)n2o1. The van der Waals surface area contributed by atoms with Gasteiger partial charge in [0, 0.05) is 34.3 Å². The van der Waals surface area contributed by atoms with Gasteiger partial charge in [-0.05, 0) is 43.3 Å². The van der Waals surface area contributed by atoms with E-state index in [0.29, 0.717) is 39.3 Å². The molecule has 3 heterocycles. The van der Waals surface area contributed by atoms with Crippen molar-refractivity contribution in [2.45, 2.75) is 17.0 Å². The third-order valence-electron chi connectivity index (χ3n) is 4.58. The maximum absolute atomic E-state index is 12.3. The number of benzene rings is 2. The van der Waals surface area contributed by atoms with Crippen LogP contribution in [0.4, 0.5) is 16.2 Å². The molecule has 0 fully saturated rings. The Morgan fingerprint density at radius 1 is 1.12 bits per heavy atom. The number of aromatic nitrogens is 3. The summed E-state index contributed by atoms with van der Waals surface area (Å²) in [5.74, 6) is 1.13. The number of thiazole rings is 1. The van der Waals surface area contributed by atoms with Crippen molar-refractivity contribution in [3.8, 4) is 0 Å². The van der Waals surface area contributed by atoms with Gasteiger partial charge in [0.25, 0.3) is 5.56 Å². The van der Waals surface area contributed by atoms with Gasteiger partial charge in [-0.2, -0.15) is 0 Å². The van der Waals surface area contributed by atoms with Gasteiger partial charge >= 0.3 is 6.03 Å². The maximum atomic E-state index is 12.3. The Morgan fingerprint density at radius 2 is 1.94 bits per heavy atom. The van der Waals surface area contributed by atoms with Crippen LogP contribution in [0.5, 0.6) is 0 Å². The Bertz CT molecular complexity index is 1560. The lowest BCUT2D eigenvalue weighted by atomic mass is 10.3. The minimum Gasteiger partial charge on any atom is -0.375 e. The number of hydrogen-bond donors (Lipinski definition) is 2. The van der Waals surface area contributed by atoms with Crippen LogP contribution in [-0.4, -0.2) is 20.6 Å². The summed E-state index contributed by atoms with van der Waals surface area (Å²) in [6, 6.07) is 15.3. The van der Waals surface area contributed by atoms with E-state index >= 15 is 0 Å². The molecule has 0 saturated carbocycles. The fourth-order valence-corrected chi connectivity index (χ4v) is 5.38. The molecule has 0 unspecified atom stereocenters. The number of rotatable bonds is 5. The number of halogens is 1. The number of nitrogens with zero attached hydrogens (tertiary/aromatic N) is 3. The first-order valence-corrected chi connectivity index (χ1v) is 12.0. The first kappa shape index (κ1) is 21.5. The van der Waals surface area contributed by atoms with Crippen LogP contribution in [0.25, 0.3) is 15.9 Å². The van der Waals surface area contributed by atoms with E-state index in [1.165, 1.54) is 33.7 Å². The van der Waals surface area contributed by atoms with Crippen LogP contribution in [0.15, 0.2) is 68.3 Å². The zero-order chi connectivity index (χ0) is 22.9. The van der Waals surface area contributed by atoms with Crippen molar-refractivity contribution >= 4 is 68.0 Å². The van der Waals surface area contributed by atoms with Crippen molar-refractivity contribution in [1.29, 1.82) is 0 Å². The van der Waals surface area contributed by atoms with Gasteiger partial charge in [0.1, 0.15) is 5.76 Å². The molecule has 166 valence electrons. The lowest BCUT2D eigenvalue weighted by molar-refractivity contribution is 0.262. The predicted molar refractivity (Wildman–Crippen MR) is 132 cm³/mol. The highest BCUT2D eigenvalue weighted by atomic mass is 35.5. The van der Waals surface area contributed by atoms with Gasteiger partial charge in [-0.1, -0.05) is 29.4 Å². The summed E-state index contributed by atoms with van der Waals surface area (Å²) in [5, 5.41) is 6.11. The average molecular weight is 498 g/mol. The van der Waals surface area contributed by atoms with Crippen molar-refractivity contribution in [3.05, 3.63) is 81.4 Å². The summed E-state index contributed by atoms with van der Waals surface area (Å²) in [4.78, 5) is 33.6. The molecule has 2 amide bonds. The fourth-order valence-electron chi connectivity index (χ4n) is 3.19. The highest BCUT2D eigenvalue weighted by Gasteiger charge is 2.11. The number of carbonyl (C=O) groups is 1. The first-order chi connectivity index (χ1) is 15.9. The molecule has 0 aliphatic carbocycles. The molecule has 0 atom stereocenters. The summed E-state index contributed by atoms with van der Waals surface area (Å²) >= 11 is 8.96. The van der Waals surface area contributed by atoms with E-state index < -0.39 is 0 Å². The third-order valence-corrected chi connectivity index (χ3v) is 7.01. The molecule has 2 aromatic carbocycles. The second-order valence-electron chi connectivity index (χ2n) is 7.12. The van der Waals surface area contributed by atoms with E-state index in [2.05, 4.69) is 20.6 Å². The van der Waals surface area contributed by atoms with Crippen LogP contribution >= 0.6 is 34.7 Å². The molecule has 5 aromatic rings. The molecule has 8 nitrogen and oxygen atoms in total. The minimum absolute atomic E-state index is 0.250. The number of anilines is 2. The zero-order valence-electron chi connectivity index (χ0n) is 17.2. The van der Waals surface area contributed by atoms with Crippen molar-refractivity contribution in [2.24, 2.45) is 0 Å². The van der Waals surface area contributed by atoms with Crippen LogP contribution in [0.1, 0.15) is 11.5 Å². The van der Waals surface area contributed by atoms with Gasteiger partial charge in [0.05, 0.1) is 15.9 Å². The lowest BCUT2D eigenvalue weighted by Gasteiger charge is -2.07. The molecule has 0 bridgehead atoms. The summed E-state index contributed by atoms with van der Waals surface area (Å²) in [7, 11) is 0. The van der Waals surface area contributed by atoms with Crippen LogP contribution in [0, 0.1) is 6.92 Å². The third kappa shape index (κ3) is 4.87. The smallest absolute Gasteiger partial charge is 0.323 e. The monoisotopic (exact) mass is 497 g/mol. The summed E-state index contributed by atoms with van der Waals surface area (Å²) in [6.07, 6.45) is 0. The minimum atomic E-state index is -0.363. The highest BCUT2D eigenvalue weighted by molar-refractivity contribution is 8.00. The van der Waals surface area contributed by atoms with Gasteiger partial charge in [0.15, 0.2) is 9.99 Å². The quantitative estimate of drug-likeness (QED) is 0.298. The van der Waals surface area contributed by atoms with Crippen molar-refractivity contribution in [3.63, 3.8) is 0 Å². The Kier molecular flexibility index (Phi) is 5.79. The largest absolute Gasteiger partial charge is 0.375 e. The van der Waals surface area contributed by atoms with Crippen LogP contribution in [0.3, 0.4) is 0 Å². The van der Waals surface area contributed by atoms with E-state index in [1.807, 2.05) is 12.1 Å². The molecule has 5 rings (SSSR count). The Balaban J connectivity index is 1.27. The van der Waals surface area contributed by atoms with Crippen LogP contribution < -0.4 is 16.2 Å². The van der Waals surface area contributed by atoms with Gasteiger partial charge in [-0.3, -0.25) is 4.79 Å². The number of hydrogen-bond acceptors (Lipinski definition) is 7. The standard InChI is InChI=1S/C22H16ClN5O3S2/c1-12-7-19-24-16(10-20(29)28(19)31-12)11-32-22-27-17-6-5-15(9-18(17)33-22)26-21(30)25-14-4-2-3-13(23)8-14/h2-10H,11H2,1H3,(H2,25,26,30). The van der Waals surface area contributed by atoms with Gasteiger partial charge in [-0.15, -0.1) is 15.9 Å². The van der Waals surface area contributed by atoms with E-state index in [0.717, 1.165) is 14.6 Å². The van der Waals surface area contributed by atoms with E-state index in [9.17, 15) is 9.59 Å². The number of urea groups is 1. The molecule has 2 N–H and O–H groups in total. The molecule has 0 saturated heterocycles. The number of fused-ring (bicyclic) bond motifs is 2. The van der Waals surface area contributed by atoms with Gasteiger partial charge < -0.3 is 15.2 Å². The van der Waals surface area contributed by atoms with E-state index in [-0.39, 0.29) is 11.6 Å². The van der Waals surface area contributed by atoms with Crippen molar-refractivity contribution < 1.29 is 9.32 Å². The second-order valence-corrected chi connectivity index (χ2v) is 9.81. The molecule has 33 heavy (non-hydrogen) atoms. The van der Waals surface area contributed by atoms with Crippen molar-refractivity contribution in [1.82, 2.24) is 14.5 Å². The predicted octanol–water partition coefficient (Wildman–Crippen LogP) is 5.80. The number of nitrogens with one attached hydrogen (secondary N) is 2. The molecule has 0 spiro atoms. The normalized spacial score (nSPS) is 11.2. The molecule has 0 aliphatic heterocycles. The van der Waals surface area contributed by atoms with E-state index in [4.69, 9.17) is 16.1 Å². The fraction of sp³-hybridized carbons (Fsp3) is 0.0909. The summed E-state index contributed by atoms with van der Waals surface area (Å²) in [6.45, 7) is 1.77. The van der Waals surface area contributed by atoms with Crippen molar-refractivity contribution in [2.75, 3.05) is 10.6 Å². The summed E-state index contributed by atoms with van der Waals surface area (Å²) in [5.41, 5.74) is 2.99. The molecular formula is C22H16ClN5O3S2.